The first-order valence-corrected chi connectivity index (χ1v) is 9.52. The zero-order chi connectivity index (χ0) is 17.3. The van der Waals surface area contributed by atoms with Gasteiger partial charge in [-0.15, -0.1) is 0 Å². The van der Waals surface area contributed by atoms with E-state index in [0.29, 0.717) is 30.3 Å². The van der Waals surface area contributed by atoms with Crippen LogP contribution in [-0.2, 0) is 17.8 Å². The lowest BCUT2D eigenvalue weighted by Crippen LogP contribution is -2.42. The molecule has 2 aliphatic rings. The highest BCUT2D eigenvalue weighted by Gasteiger charge is 2.37. The van der Waals surface area contributed by atoms with Crippen LogP contribution >= 0.6 is 0 Å². The maximum atomic E-state index is 12.9. The summed E-state index contributed by atoms with van der Waals surface area (Å²) in [6.07, 6.45) is 4.88. The summed E-state index contributed by atoms with van der Waals surface area (Å²) in [5.41, 5.74) is 3.58. The number of carbonyl (C=O) groups excluding carboxylic acids is 1. The molecule has 5 heteroatoms. The quantitative estimate of drug-likeness (QED) is 0.901. The van der Waals surface area contributed by atoms with E-state index in [9.17, 15) is 4.79 Å². The molecule has 2 fully saturated rings. The number of fused-ring (bicyclic) bond motifs is 2. The summed E-state index contributed by atoms with van der Waals surface area (Å²) in [6, 6.07) is 0.874. The highest BCUT2D eigenvalue weighted by atomic mass is 16.2. The van der Waals surface area contributed by atoms with Gasteiger partial charge in [-0.25, -0.2) is 0 Å². The molecule has 3 rings (SSSR count). The van der Waals surface area contributed by atoms with Crippen molar-refractivity contribution in [3.63, 3.8) is 0 Å². The molecule has 5 nitrogen and oxygen atoms in total. The summed E-state index contributed by atoms with van der Waals surface area (Å²) in [5.74, 6) is 0.916. The molecule has 1 amide bonds. The van der Waals surface area contributed by atoms with Gasteiger partial charge in [0, 0.05) is 37.3 Å². The van der Waals surface area contributed by atoms with Crippen LogP contribution in [-0.4, -0.2) is 45.8 Å². The van der Waals surface area contributed by atoms with E-state index in [1.807, 2.05) is 0 Å². The van der Waals surface area contributed by atoms with Gasteiger partial charge in [0.05, 0.1) is 5.69 Å². The van der Waals surface area contributed by atoms with Crippen molar-refractivity contribution in [1.82, 2.24) is 20.0 Å². The number of rotatable bonds is 5. The molecule has 1 aromatic rings. The van der Waals surface area contributed by atoms with Gasteiger partial charge in [0.1, 0.15) is 0 Å². The smallest absolute Gasteiger partial charge is 0.223 e. The van der Waals surface area contributed by atoms with Gasteiger partial charge in [0.15, 0.2) is 0 Å². The van der Waals surface area contributed by atoms with Crippen LogP contribution < -0.4 is 5.32 Å². The minimum Gasteiger partial charge on any atom is -0.335 e. The SMILES string of the molecule is Cc1nn(CC(C)C)c(C)c1CCC(=O)N1C2CCNCC1CC2. The fourth-order valence-electron chi connectivity index (χ4n) is 4.37. The Morgan fingerprint density at radius 2 is 2.00 bits per heavy atom. The van der Waals surface area contributed by atoms with E-state index in [4.69, 9.17) is 0 Å². The van der Waals surface area contributed by atoms with Crippen LogP contribution in [0.1, 0.15) is 56.5 Å². The van der Waals surface area contributed by atoms with E-state index < -0.39 is 0 Å². The largest absolute Gasteiger partial charge is 0.335 e. The molecule has 1 N–H and O–H groups in total. The minimum atomic E-state index is 0.335. The number of hydrogen-bond acceptors (Lipinski definition) is 3. The van der Waals surface area contributed by atoms with Crippen molar-refractivity contribution in [2.24, 2.45) is 5.92 Å². The second-order valence-corrected chi connectivity index (χ2v) is 7.90. The van der Waals surface area contributed by atoms with Gasteiger partial charge in [-0.3, -0.25) is 9.48 Å². The van der Waals surface area contributed by atoms with Crippen LogP contribution in [0.3, 0.4) is 0 Å². The van der Waals surface area contributed by atoms with E-state index in [2.05, 4.69) is 47.7 Å². The van der Waals surface area contributed by atoms with Gasteiger partial charge in [-0.1, -0.05) is 13.8 Å². The molecular weight excluding hydrogens is 300 g/mol. The van der Waals surface area contributed by atoms with Gasteiger partial charge < -0.3 is 10.2 Å². The molecule has 2 aliphatic heterocycles. The zero-order valence-corrected chi connectivity index (χ0v) is 15.6. The lowest BCUT2D eigenvalue weighted by molar-refractivity contribution is -0.133. The number of nitrogens with one attached hydrogen (secondary N) is 1. The van der Waals surface area contributed by atoms with E-state index in [0.717, 1.165) is 44.6 Å². The first kappa shape index (κ1) is 17.5. The Labute approximate surface area is 145 Å². The van der Waals surface area contributed by atoms with Crippen LogP contribution in [0.4, 0.5) is 0 Å². The third-order valence-electron chi connectivity index (χ3n) is 5.60. The first-order valence-electron chi connectivity index (χ1n) is 9.52. The molecule has 0 aliphatic carbocycles. The van der Waals surface area contributed by atoms with Crippen LogP contribution in [0, 0.1) is 19.8 Å². The second-order valence-electron chi connectivity index (χ2n) is 7.90. The Hall–Kier alpha value is -1.36. The van der Waals surface area contributed by atoms with Crippen LogP contribution in [0.5, 0.6) is 0 Å². The Morgan fingerprint density at radius 3 is 2.75 bits per heavy atom. The molecule has 0 saturated carbocycles. The first-order chi connectivity index (χ1) is 11.5. The van der Waals surface area contributed by atoms with E-state index >= 15 is 0 Å². The lowest BCUT2D eigenvalue weighted by atomic mass is 10.1. The third kappa shape index (κ3) is 3.51. The molecule has 2 bridgehead atoms. The molecular formula is C19H32N4O. The van der Waals surface area contributed by atoms with Crippen molar-refractivity contribution in [1.29, 1.82) is 0 Å². The van der Waals surface area contributed by atoms with Gasteiger partial charge in [-0.2, -0.15) is 5.10 Å². The third-order valence-corrected chi connectivity index (χ3v) is 5.60. The summed E-state index contributed by atoms with van der Waals surface area (Å²) in [6.45, 7) is 11.6. The topological polar surface area (TPSA) is 50.2 Å². The van der Waals surface area contributed by atoms with Crippen LogP contribution in [0.15, 0.2) is 0 Å². The second kappa shape index (κ2) is 7.26. The number of aromatic nitrogens is 2. The monoisotopic (exact) mass is 332 g/mol. The number of aryl methyl sites for hydroxylation is 1. The highest BCUT2D eigenvalue weighted by molar-refractivity contribution is 5.77. The van der Waals surface area contributed by atoms with Gasteiger partial charge >= 0.3 is 0 Å². The van der Waals surface area contributed by atoms with Crippen molar-refractivity contribution in [3.05, 3.63) is 17.0 Å². The molecule has 134 valence electrons. The fourth-order valence-corrected chi connectivity index (χ4v) is 4.37. The van der Waals surface area contributed by atoms with Gasteiger partial charge in [0.25, 0.3) is 0 Å². The van der Waals surface area contributed by atoms with Crippen molar-refractivity contribution in [3.8, 4) is 0 Å². The molecule has 2 unspecified atom stereocenters. The number of amides is 1. The maximum Gasteiger partial charge on any atom is 0.223 e. The Kier molecular flexibility index (Phi) is 5.28. The summed E-state index contributed by atoms with van der Waals surface area (Å²) < 4.78 is 2.11. The van der Waals surface area contributed by atoms with E-state index in [1.165, 1.54) is 17.7 Å². The average Bonchev–Trinajstić information content (AvgIpc) is 2.92. The summed E-state index contributed by atoms with van der Waals surface area (Å²) in [7, 11) is 0. The lowest BCUT2D eigenvalue weighted by Gasteiger charge is -2.28. The predicted octanol–water partition coefficient (Wildman–Crippen LogP) is 2.44. The van der Waals surface area contributed by atoms with E-state index in [-0.39, 0.29) is 0 Å². The molecule has 3 heterocycles. The highest BCUT2D eigenvalue weighted by Crippen LogP contribution is 2.29. The molecule has 1 aromatic heterocycles. The van der Waals surface area contributed by atoms with Crippen molar-refractivity contribution in [2.45, 2.75) is 78.4 Å². The summed E-state index contributed by atoms with van der Waals surface area (Å²) in [4.78, 5) is 15.1. The fraction of sp³-hybridized carbons (Fsp3) is 0.789. The molecule has 2 saturated heterocycles. The molecule has 0 spiro atoms. The van der Waals surface area contributed by atoms with Crippen molar-refractivity contribution >= 4 is 5.91 Å². The molecule has 0 aromatic carbocycles. The number of hydrogen-bond donors (Lipinski definition) is 1. The van der Waals surface area contributed by atoms with Gasteiger partial charge in [-0.05, 0) is 57.6 Å². The number of carbonyl (C=O) groups is 1. The molecule has 0 radical (unpaired) electrons. The Balaban J connectivity index is 1.65. The van der Waals surface area contributed by atoms with Crippen molar-refractivity contribution in [2.75, 3.05) is 13.1 Å². The van der Waals surface area contributed by atoms with Crippen LogP contribution in [0.2, 0.25) is 0 Å². The molecule has 2 atom stereocenters. The maximum absolute atomic E-state index is 12.9. The summed E-state index contributed by atoms with van der Waals surface area (Å²) >= 11 is 0. The van der Waals surface area contributed by atoms with Gasteiger partial charge in [0.2, 0.25) is 5.91 Å². The van der Waals surface area contributed by atoms with Crippen molar-refractivity contribution < 1.29 is 4.79 Å². The number of nitrogens with zero attached hydrogens (tertiary/aromatic N) is 3. The average molecular weight is 332 g/mol. The predicted molar refractivity (Wildman–Crippen MR) is 96.0 cm³/mol. The minimum absolute atomic E-state index is 0.335. The van der Waals surface area contributed by atoms with Crippen LogP contribution in [0.25, 0.3) is 0 Å². The standard InChI is InChI=1S/C19H32N4O/c1-13(2)12-22-15(4)18(14(3)21-22)7-8-19(24)23-16-5-6-17(23)11-20-10-9-16/h13,16-17,20H,5-12H2,1-4H3. The Morgan fingerprint density at radius 1 is 1.25 bits per heavy atom. The Bertz CT molecular complexity index is 578. The summed E-state index contributed by atoms with van der Waals surface area (Å²) in [5, 5.41) is 8.15. The molecule has 24 heavy (non-hydrogen) atoms. The normalized spacial score (nSPS) is 23.8. The zero-order valence-electron chi connectivity index (χ0n) is 15.6. The van der Waals surface area contributed by atoms with E-state index in [1.54, 1.807) is 0 Å².